The average molecular weight is 296 g/mol. The second kappa shape index (κ2) is 8.91. The normalized spacial score (nSPS) is 10.2. The Bertz CT molecular complexity index is 478. The Morgan fingerprint density at radius 1 is 1.38 bits per heavy atom. The van der Waals surface area contributed by atoms with Gasteiger partial charge in [0.2, 0.25) is 0 Å². The van der Waals surface area contributed by atoms with Gasteiger partial charge in [-0.2, -0.15) is 0 Å². The minimum Gasteiger partial charge on any atom is -0.484 e. The predicted molar refractivity (Wildman–Crippen MR) is 77.2 cm³/mol. The lowest BCUT2D eigenvalue weighted by atomic mass is 10.2. The summed E-state index contributed by atoms with van der Waals surface area (Å²) in [6, 6.07) is 5.73. The minimum absolute atomic E-state index is 0.0719. The van der Waals surface area contributed by atoms with Gasteiger partial charge in [0.05, 0.1) is 11.0 Å². The van der Waals surface area contributed by atoms with Crippen LogP contribution in [-0.2, 0) is 4.79 Å². The van der Waals surface area contributed by atoms with E-state index in [0.717, 1.165) is 19.3 Å². The number of likely N-dealkylation sites (N-methyl/N-ethyl adjacent to an activating group) is 1. The van der Waals surface area contributed by atoms with E-state index in [0.29, 0.717) is 12.3 Å². The number of nitrogens with zero attached hydrogens (tertiary/aromatic N) is 2. The first-order valence-corrected chi connectivity index (χ1v) is 6.76. The molecule has 0 aliphatic heterocycles. The van der Waals surface area contributed by atoms with Gasteiger partial charge in [0.1, 0.15) is 5.75 Å². The molecule has 1 amide bonds. The molecule has 1 N–H and O–H groups in total. The Hall–Kier alpha value is -2.15. The molecule has 0 aliphatic rings. The fraction of sp³-hybridized carbons (Fsp3) is 0.500. The molecule has 0 radical (unpaired) electrons. The Kier molecular flexibility index (Phi) is 7.17. The van der Waals surface area contributed by atoms with Crippen molar-refractivity contribution in [3.05, 3.63) is 34.4 Å². The number of rotatable bonds is 9. The topological polar surface area (TPSA) is 92.9 Å². The second-order valence-electron chi connectivity index (χ2n) is 4.64. The van der Waals surface area contributed by atoms with Crippen LogP contribution in [0.3, 0.4) is 0 Å². The van der Waals surface area contributed by atoms with Crippen molar-refractivity contribution >= 4 is 11.6 Å². The standard InChI is InChI=1S/C14H20N2O5/c1-15(8-3-2-4-9-17)14(18)11-21-13-7-5-6-12(10-13)16(19)20/h5-7,10,17H,2-4,8-9,11H2,1H3. The molecular weight excluding hydrogens is 276 g/mol. The van der Waals surface area contributed by atoms with Gasteiger partial charge in [-0.05, 0) is 25.3 Å². The number of unbranched alkanes of at least 4 members (excludes halogenated alkanes) is 2. The second-order valence-corrected chi connectivity index (χ2v) is 4.64. The lowest BCUT2D eigenvalue weighted by molar-refractivity contribution is -0.384. The summed E-state index contributed by atoms with van der Waals surface area (Å²) in [6.07, 6.45) is 2.41. The monoisotopic (exact) mass is 296 g/mol. The van der Waals surface area contributed by atoms with Crippen LogP contribution in [0.25, 0.3) is 0 Å². The number of hydrogen-bond acceptors (Lipinski definition) is 5. The van der Waals surface area contributed by atoms with Crippen molar-refractivity contribution in [2.24, 2.45) is 0 Å². The zero-order chi connectivity index (χ0) is 15.7. The highest BCUT2D eigenvalue weighted by molar-refractivity contribution is 5.77. The van der Waals surface area contributed by atoms with E-state index in [-0.39, 0.29) is 24.8 Å². The highest BCUT2D eigenvalue weighted by atomic mass is 16.6. The van der Waals surface area contributed by atoms with E-state index < -0.39 is 4.92 Å². The molecule has 116 valence electrons. The number of benzene rings is 1. The molecule has 0 aromatic heterocycles. The van der Waals surface area contributed by atoms with Crippen LogP contribution in [0.5, 0.6) is 5.75 Å². The Labute approximate surface area is 123 Å². The fourth-order valence-electron chi connectivity index (χ4n) is 1.70. The Morgan fingerprint density at radius 2 is 2.14 bits per heavy atom. The van der Waals surface area contributed by atoms with Gasteiger partial charge < -0.3 is 14.7 Å². The number of carbonyl (C=O) groups excluding carboxylic acids is 1. The summed E-state index contributed by atoms with van der Waals surface area (Å²) < 4.78 is 5.27. The van der Waals surface area contributed by atoms with Crippen molar-refractivity contribution in [3.8, 4) is 5.75 Å². The van der Waals surface area contributed by atoms with Crippen LogP contribution in [0, 0.1) is 10.1 Å². The van der Waals surface area contributed by atoms with Crippen LogP contribution in [0.2, 0.25) is 0 Å². The van der Waals surface area contributed by atoms with Gasteiger partial charge in [0.15, 0.2) is 6.61 Å². The van der Waals surface area contributed by atoms with Crippen LogP contribution >= 0.6 is 0 Å². The number of ether oxygens (including phenoxy) is 1. The summed E-state index contributed by atoms with van der Waals surface area (Å²) in [5, 5.41) is 19.3. The predicted octanol–water partition coefficient (Wildman–Crippen LogP) is 1.59. The third kappa shape index (κ3) is 6.22. The number of nitro benzene ring substituents is 1. The van der Waals surface area contributed by atoms with Gasteiger partial charge in [-0.15, -0.1) is 0 Å². The number of aliphatic hydroxyl groups excluding tert-OH is 1. The molecule has 1 aromatic carbocycles. The highest BCUT2D eigenvalue weighted by Crippen LogP contribution is 2.18. The molecule has 7 heteroatoms. The summed E-state index contributed by atoms with van der Waals surface area (Å²) in [7, 11) is 1.68. The van der Waals surface area contributed by atoms with Crippen LogP contribution < -0.4 is 4.74 Å². The third-order valence-electron chi connectivity index (χ3n) is 2.97. The molecule has 0 spiro atoms. The quantitative estimate of drug-likeness (QED) is 0.424. The van der Waals surface area contributed by atoms with Crippen molar-refractivity contribution in [2.45, 2.75) is 19.3 Å². The van der Waals surface area contributed by atoms with E-state index in [1.54, 1.807) is 18.0 Å². The smallest absolute Gasteiger partial charge is 0.273 e. The van der Waals surface area contributed by atoms with Crippen LogP contribution in [0.1, 0.15) is 19.3 Å². The molecule has 0 unspecified atom stereocenters. The van der Waals surface area contributed by atoms with Crippen molar-refractivity contribution in [1.82, 2.24) is 4.90 Å². The van der Waals surface area contributed by atoms with Gasteiger partial charge in [0, 0.05) is 26.3 Å². The summed E-state index contributed by atoms with van der Waals surface area (Å²) >= 11 is 0. The summed E-state index contributed by atoms with van der Waals surface area (Å²) in [6.45, 7) is 0.600. The minimum atomic E-state index is -0.512. The van der Waals surface area contributed by atoms with E-state index in [4.69, 9.17) is 9.84 Å². The zero-order valence-corrected chi connectivity index (χ0v) is 12.0. The van der Waals surface area contributed by atoms with E-state index in [1.165, 1.54) is 18.2 Å². The molecule has 0 heterocycles. The molecule has 0 fully saturated rings. The molecule has 21 heavy (non-hydrogen) atoms. The van der Waals surface area contributed by atoms with Gasteiger partial charge in [-0.3, -0.25) is 14.9 Å². The molecule has 0 saturated heterocycles. The van der Waals surface area contributed by atoms with Crippen molar-refractivity contribution in [3.63, 3.8) is 0 Å². The summed E-state index contributed by atoms with van der Waals surface area (Å²) in [5.74, 6) is 0.108. The van der Waals surface area contributed by atoms with Crippen molar-refractivity contribution in [2.75, 3.05) is 26.8 Å². The first kappa shape index (κ1) is 16.9. The first-order chi connectivity index (χ1) is 10.0. The van der Waals surface area contributed by atoms with Crippen LogP contribution in [0.15, 0.2) is 24.3 Å². The molecule has 1 rings (SSSR count). The SMILES string of the molecule is CN(CCCCCO)C(=O)COc1cccc([N+](=O)[O-])c1. The first-order valence-electron chi connectivity index (χ1n) is 6.76. The molecule has 0 bridgehead atoms. The lowest BCUT2D eigenvalue weighted by Gasteiger charge is -2.17. The molecule has 0 aliphatic carbocycles. The zero-order valence-electron chi connectivity index (χ0n) is 12.0. The molecular formula is C14H20N2O5. The average Bonchev–Trinajstić information content (AvgIpc) is 2.49. The Morgan fingerprint density at radius 3 is 2.81 bits per heavy atom. The summed E-state index contributed by atoms with van der Waals surface area (Å²) in [4.78, 5) is 23.5. The van der Waals surface area contributed by atoms with Crippen LogP contribution in [-0.4, -0.2) is 47.6 Å². The van der Waals surface area contributed by atoms with Gasteiger partial charge in [-0.25, -0.2) is 0 Å². The maximum absolute atomic E-state index is 11.8. The van der Waals surface area contributed by atoms with Gasteiger partial charge in [-0.1, -0.05) is 6.07 Å². The molecule has 0 atom stereocenters. The summed E-state index contributed by atoms with van der Waals surface area (Å²) in [5.41, 5.74) is -0.0719. The number of non-ortho nitro benzene ring substituents is 1. The van der Waals surface area contributed by atoms with E-state index in [1.807, 2.05) is 0 Å². The van der Waals surface area contributed by atoms with E-state index >= 15 is 0 Å². The Balaban J connectivity index is 2.38. The van der Waals surface area contributed by atoms with Gasteiger partial charge >= 0.3 is 0 Å². The van der Waals surface area contributed by atoms with Gasteiger partial charge in [0.25, 0.3) is 11.6 Å². The lowest BCUT2D eigenvalue weighted by Crippen LogP contribution is -2.32. The van der Waals surface area contributed by atoms with E-state index in [2.05, 4.69) is 0 Å². The number of aliphatic hydroxyl groups is 1. The fourth-order valence-corrected chi connectivity index (χ4v) is 1.70. The molecule has 7 nitrogen and oxygen atoms in total. The highest BCUT2D eigenvalue weighted by Gasteiger charge is 2.11. The van der Waals surface area contributed by atoms with Crippen molar-refractivity contribution < 1.29 is 19.6 Å². The van der Waals surface area contributed by atoms with E-state index in [9.17, 15) is 14.9 Å². The molecule has 0 saturated carbocycles. The maximum atomic E-state index is 11.8. The number of carbonyl (C=O) groups is 1. The molecule has 1 aromatic rings. The number of nitro groups is 1. The largest absolute Gasteiger partial charge is 0.484 e. The maximum Gasteiger partial charge on any atom is 0.273 e. The third-order valence-corrected chi connectivity index (χ3v) is 2.97. The number of amides is 1. The number of hydrogen-bond donors (Lipinski definition) is 1. The van der Waals surface area contributed by atoms with Crippen LogP contribution in [0.4, 0.5) is 5.69 Å². The van der Waals surface area contributed by atoms with Crippen molar-refractivity contribution in [1.29, 1.82) is 0 Å².